The number of thioether (sulfide) groups is 1. The van der Waals surface area contributed by atoms with E-state index < -0.39 is 6.04 Å². The molecule has 0 fully saturated rings. The second-order valence-electron chi connectivity index (χ2n) is 7.76. The lowest BCUT2D eigenvalue weighted by Crippen LogP contribution is -2.50. The Bertz CT molecular complexity index is 842. The van der Waals surface area contributed by atoms with Crippen molar-refractivity contribution < 1.29 is 9.59 Å². The summed E-state index contributed by atoms with van der Waals surface area (Å²) in [5.41, 5.74) is 1.81. The Hall–Kier alpha value is -1.69. The zero-order chi connectivity index (χ0) is 22.8. The van der Waals surface area contributed by atoms with Gasteiger partial charge in [-0.1, -0.05) is 80.4 Å². The van der Waals surface area contributed by atoms with E-state index in [1.807, 2.05) is 51.1 Å². The first kappa shape index (κ1) is 25.6. The van der Waals surface area contributed by atoms with Crippen LogP contribution in [0.2, 0.25) is 10.0 Å². The molecular formula is C24H30Cl2N2O2S. The lowest BCUT2D eigenvalue weighted by atomic mass is 10.1. The molecule has 4 nitrogen and oxygen atoms in total. The summed E-state index contributed by atoms with van der Waals surface area (Å²) in [6, 6.07) is 14.7. The lowest BCUT2D eigenvalue weighted by molar-refractivity contribution is -0.139. The maximum absolute atomic E-state index is 13.2. The fraction of sp³-hybridized carbons (Fsp3) is 0.417. The van der Waals surface area contributed by atoms with Crippen LogP contribution in [0.3, 0.4) is 0 Å². The van der Waals surface area contributed by atoms with E-state index in [4.69, 9.17) is 23.2 Å². The molecule has 0 radical (unpaired) electrons. The number of nitrogens with zero attached hydrogens (tertiary/aromatic N) is 1. The Morgan fingerprint density at radius 2 is 1.68 bits per heavy atom. The minimum absolute atomic E-state index is 0.108. The van der Waals surface area contributed by atoms with Crippen LogP contribution in [-0.4, -0.2) is 35.1 Å². The number of nitrogens with one attached hydrogen (secondary N) is 1. The highest BCUT2D eigenvalue weighted by atomic mass is 35.5. The first-order valence-corrected chi connectivity index (χ1v) is 12.4. The average Bonchev–Trinajstić information content (AvgIpc) is 2.74. The van der Waals surface area contributed by atoms with E-state index in [0.29, 0.717) is 34.5 Å². The van der Waals surface area contributed by atoms with E-state index in [1.165, 1.54) is 11.8 Å². The zero-order valence-corrected chi connectivity index (χ0v) is 20.6. The molecule has 0 unspecified atom stereocenters. The van der Waals surface area contributed by atoms with Crippen molar-refractivity contribution in [2.24, 2.45) is 5.92 Å². The van der Waals surface area contributed by atoms with Crippen molar-refractivity contribution in [2.75, 3.05) is 12.3 Å². The second-order valence-corrected chi connectivity index (χ2v) is 9.56. The average molecular weight is 481 g/mol. The molecule has 31 heavy (non-hydrogen) atoms. The van der Waals surface area contributed by atoms with Crippen molar-refractivity contribution >= 4 is 46.8 Å². The SMILES string of the molecule is CC[C@@H](C(=O)NCC(C)C)N(Cc1c(Cl)cccc1Cl)C(=O)CSCc1ccccc1. The summed E-state index contributed by atoms with van der Waals surface area (Å²) in [6.07, 6.45) is 0.501. The molecule has 2 amide bonds. The molecule has 0 aliphatic carbocycles. The standard InChI is InChI=1S/C24H30Cl2N2O2S/c1-4-22(24(30)27-13-17(2)3)28(14-19-20(25)11-8-12-21(19)26)23(29)16-31-15-18-9-6-5-7-10-18/h5-12,17,22H,4,13-16H2,1-3H3,(H,27,30)/t22-/m0/s1. The van der Waals surface area contributed by atoms with E-state index >= 15 is 0 Å². The number of hydrogen-bond donors (Lipinski definition) is 1. The van der Waals surface area contributed by atoms with Gasteiger partial charge in [-0.25, -0.2) is 0 Å². The summed E-state index contributed by atoms with van der Waals surface area (Å²) in [7, 11) is 0. The summed E-state index contributed by atoms with van der Waals surface area (Å²) in [5, 5.41) is 3.93. The molecule has 2 rings (SSSR count). The predicted octanol–water partition coefficient (Wildman–Crippen LogP) is 5.81. The van der Waals surface area contributed by atoms with Crippen LogP contribution in [0.25, 0.3) is 0 Å². The first-order chi connectivity index (χ1) is 14.8. The molecule has 0 aromatic heterocycles. The molecular weight excluding hydrogens is 451 g/mol. The Morgan fingerprint density at radius 3 is 2.26 bits per heavy atom. The van der Waals surface area contributed by atoms with Gasteiger partial charge in [0.15, 0.2) is 0 Å². The predicted molar refractivity (Wildman–Crippen MR) is 132 cm³/mol. The largest absolute Gasteiger partial charge is 0.354 e. The van der Waals surface area contributed by atoms with Gasteiger partial charge in [-0.05, 0) is 30.0 Å². The van der Waals surface area contributed by atoms with Gasteiger partial charge in [0.05, 0.1) is 5.75 Å². The fourth-order valence-corrected chi connectivity index (χ4v) is 4.50. The smallest absolute Gasteiger partial charge is 0.242 e. The van der Waals surface area contributed by atoms with Crippen molar-refractivity contribution in [3.63, 3.8) is 0 Å². The van der Waals surface area contributed by atoms with Crippen LogP contribution in [-0.2, 0) is 21.9 Å². The van der Waals surface area contributed by atoms with Crippen LogP contribution in [0.15, 0.2) is 48.5 Å². The summed E-state index contributed by atoms with van der Waals surface area (Å²) in [6.45, 7) is 6.73. The second kappa shape index (κ2) is 13.0. The quantitative estimate of drug-likeness (QED) is 0.441. The summed E-state index contributed by atoms with van der Waals surface area (Å²) >= 11 is 14.3. The van der Waals surface area contributed by atoms with Crippen molar-refractivity contribution in [3.05, 3.63) is 69.7 Å². The maximum atomic E-state index is 13.2. The molecule has 0 heterocycles. The molecule has 1 N–H and O–H groups in total. The summed E-state index contributed by atoms with van der Waals surface area (Å²) in [4.78, 5) is 27.8. The maximum Gasteiger partial charge on any atom is 0.242 e. The van der Waals surface area contributed by atoms with Gasteiger partial charge in [0.1, 0.15) is 6.04 Å². The molecule has 0 aliphatic heterocycles. The Kier molecular flexibility index (Phi) is 10.7. The van der Waals surface area contributed by atoms with Crippen LogP contribution in [0.5, 0.6) is 0 Å². The minimum atomic E-state index is -0.587. The molecule has 2 aromatic carbocycles. The van der Waals surface area contributed by atoms with Gasteiger partial charge >= 0.3 is 0 Å². The number of amides is 2. The third-order valence-corrected chi connectivity index (χ3v) is 6.49. The number of hydrogen-bond acceptors (Lipinski definition) is 3. The molecule has 0 spiro atoms. The van der Waals surface area contributed by atoms with Gasteiger partial charge in [0.2, 0.25) is 11.8 Å². The molecule has 0 aliphatic rings. The molecule has 2 aromatic rings. The lowest BCUT2D eigenvalue weighted by Gasteiger charge is -2.31. The van der Waals surface area contributed by atoms with Crippen LogP contribution >= 0.6 is 35.0 Å². The fourth-order valence-electron chi connectivity index (χ4n) is 3.11. The summed E-state index contributed by atoms with van der Waals surface area (Å²) in [5.74, 6) is 1.06. The number of halogens is 2. The van der Waals surface area contributed by atoms with Gasteiger partial charge in [0.25, 0.3) is 0 Å². The van der Waals surface area contributed by atoms with Gasteiger partial charge in [-0.15, -0.1) is 11.8 Å². The van der Waals surface area contributed by atoms with Crippen LogP contribution < -0.4 is 5.32 Å². The molecule has 1 atom stereocenters. The number of carbonyl (C=O) groups excluding carboxylic acids is 2. The molecule has 168 valence electrons. The molecule has 7 heteroatoms. The molecule has 0 saturated carbocycles. The van der Waals surface area contributed by atoms with Gasteiger partial charge < -0.3 is 10.2 Å². The van der Waals surface area contributed by atoms with Crippen molar-refractivity contribution in [1.29, 1.82) is 0 Å². The van der Waals surface area contributed by atoms with Crippen molar-refractivity contribution in [1.82, 2.24) is 10.2 Å². The Morgan fingerprint density at radius 1 is 1.03 bits per heavy atom. The highest BCUT2D eigenvalue weighted by molar-refractivity contribution is 7.99. The molecule has 0 bridgehead atoms. The van der Waals surface area contributed by atoms with E-state index in [0.717, 1.165) is 11.3 Å². The van der Waals surface area contributed by atoms with Crippen molar-refractivity contribution in [3.8, 4) is 0 Å². The van der Waals surface area contributed by atoms with Crippen LogP contribution in [0.4, 0.5) is 0 Å². The van der Waals surface area contributed by atoms with Crippen LogP contribution in [0.1, 0.15) is 38.3 Å². The van der Waals surface area contributed by atoms with E-state index in [2.05, 4.69) is 5.32 Å². The Balaban J connectivity index is 2.18. The van der Waals surface area contributed by atoms with Gasteiger partial charge in [0, 0.05) is 34.5 Å². The van der Waals surface area contributed by atoms with Crippen molar-refractivity contribution in [2.45, 2.75) is 45.5 Å². The number of benzene rings is 2. The van der Waals surface area contributed by atoms with E-state index in [-0.39, 0.29) is 24.1 Å². The number of carbonyl (C=O) groups is 2. The topological polar surface area (TPSA) is 49.4 Å². The van der Waals surface area contributed by atoms with Crippen LogP contribution in [0, 0.1) is 5.92 Å². The molecule has 0 saturated heterocycles. The summed E-state index contributed by atoms with van der Waals surface area (Å²) < 4.78 is 0. The number of rotatable bonds is 11. The monoisotopic (exact) mass is 480 g/mol. The zero-order valence-electron chi connectivity index (χ0n) is 18.2. The normalized spacial score (nSPS) is 11.9. The Labute approximate surface area is 199 Å². The minimum Gasteiger partial charge on any atom is -0.354 e. The highest BCUT2D eigenvalue weighted by Crippen LogP contribution is 2.27. The third kappa shape index (κ3) is 8.06. The first-order valence-electron chi connectivity index (χ1n) is 10.4. The van der Waals surface area contributed by atoms with Gasteiger partial charge in [-0.3, -0.25) is 9.59 Å². The van der Waals surface area contributed by atoms with E-state index in [1.54, 1.807) is 23.1 Å². The highest BCUT2D eigenvalue weighted by Gasteiger charge is 2.29. The van der Waals surface area contributed by atoms with E-state index in [9.17, 15) is 9.59 Å². The third-order valence-electron chi connectivity index (χ3n) is 4.80. The van der Waals surface area contributed by atoms with Gasteiger partial charge in [-0.2, -0.15) is 0 Å².